The monoisotopic (exact) mass is 250 g/mol. The van der Waals surface area contributed by atoms with Gasteiger partial charge in [0.25, 0.3) is 0 Å². The molecule has 2 saturated carbocycles. The summed E-state index contributed by atoms with van der Waals surface area (Å²) in [7, 11) is 0. The normalized spacial score (nSPS) is 35.5. The Kier molecular flexibility index (Phi) is 3.95. The van der Waals surface area contributed by atoms with E-state index in [1.165, 1.54) is 58.2 Å². The molecular formula is C16H30N2. The fourth-order valence-corrected chi connectivity index (χ4v) is 3.82. The Morgan fingerprint density at radius 1 is 1.11 bits per heavy atom. The summed E-state index contributed by atoms with van der Waals surface area (Å²) < 4.78 is 0. The van der Waals surface area contributed by atoms with Crippen molar-refractivity contribution in [1.82, 2.24) is 10.2 Å². The maximum absolute atomic E-state index is 3.74. The fourth-order valence-electron chi connectivity index (χ4n) is 3.82. The molecule has 2 unspecified atom stereocenters. The van der Waals surface area contributed by atoms with Gasteiger partial charge >= 0.3 is 0 Å². The van der Waals surface area contributed by atoms with Gasteiger partial charge in [-0.25, -0.2) is 0 Å². The second-order valence-electron chi connectivity index (χ2n) is 7.07. The highest BCUT2D eigenvalue weighted by atomic mass is 15.2. The third kappa shape index (κ3) is 3.08. The van der Waals surface area contributed by atoms with Crippen molar-refractivity contribution in [2.75, 3.05) is 19.6 Å². The maximum Gasteiger partial charge on any atom is 0.0152 e. The first-order chi connectivity index (χ1) is 8.78. The molecule has 3 rings (SSSR count). The topological polar surface area (TPSA) is 15.3 Å². The van der Waals surface area contributed by atoms with E-state index >= 15 is 0 Å². The van der Waals surface area contributed by atoms with Crippen LogP contribution in [0.25, 0.3) is 0 Å². The minimum Gasteiger partial charge on any atom is -0.314 e. The average Bonchev–Trinajstić information content (AvgIpc) is 3.20. The summed E-state index contributed by atoms with van der Waals surface area (Å²) in [5.41, 5.74) is 0. The molecule has 0 aromatic heterocycles. The highest BCUT2D eigenvalue weighted by Crippen LogP contribution is 2.47. The van der Waals surface area contributed by atoms with Gasteiger partial charge in [0, 0.05) is 18.6 Å². The largest absolute Gasteiger partial charge is 0.314 e. The van der Waals surface area contributed by atoms with E-state index in [9.17, 15) is 0 Å². The van der Waals surface area contributed by atoms with Gasteiger partial charge < -0.3 is 5.32 Å². The number of nitrogens with zero attached hydrogens (tertiary/aromatic N) is 1. The van der Waals surface area contributed by atoms with Crippen LogP contribution in [-0.4, -0.2) is 36.6 Å². The summed E-state index contributed by atoms with van der Waals surface area (Å²) in [5, 5.41) is 3.74. The molecule has 2 atom stereocenters. The van der Waals surface area contributed by atoms with E-state index in [0.717, 1.165) is 29.8 Å². The molecule has 2 heteroatoms. The Morgan fingerprint density at radius 3 is 2.33 bits per heavy atom. The highest BCUT2D eigenvalue weighted by Gasteiger charge is 2.44. The van der Waals surface area contributed by atoms with Crippen molar-refractivity contribution in [1.29, 1.82) is 0 Å². The molecule has 2 nitrogen and oxygen atoms in total. The first kappa shape index (κ1) is 12.9. The van der Waals surface area contributed by atoms with Gasteiger partial charge in [0.05, 0.1) is 0 Å². The molecule has 0 aromatic carbocycles. The molecular weight excluding hydrogens is 220 g/mol. The highest BCUT2D eigenvalue weighted by molar-refractivity contribution is 4.98. The molecule has 3 fully saturated rings. The first-order valence-corrected chi connectivity index (χ1v) is 8.25. The van der Waals surface area contributed by atoms with Gasteiger partial charge in [-0.15, -0.1) is 0 Å². The van der Waals surface area contributed by atoms with Crippen molar-refractivity contribution >= 4 is 0 Å². The van der Waals surface area contributed by atoms with Crippen LogP contribution in [0.2, 0.25) is 0 Å². The molecule has 0 bridgehead atoms. The van der Waals surface area contributed by atoms with E-state index in [1.54, 1.807) is 0 Å². The van der Waals surface area contributed by atoms with Gasteiger partial charge in [-0.2, -0.15) is 0 Å². The molecule has 1 saturated heterocycles. The predicted octanol–water partition coefficient (Wildman–Crippen LogP) is 2.89. The summed E-state index contributed by atoms with van der Waals surface area (Å²) in [6.45, 7) is 8.65. The molecule has 1 aliphatic heterocycles. The molecule has 0 aromatic rings. The third-order valence-corrected chi connectivity index (χ3v) is 5.19. The van der Waals surface area contributed by atoms with Crippen molar-refractivity contribution < 1.29 is 0 Å². The molecule has 1 N–H and O–H groups in total. The van der Waals surface area contributed by atoms with Crippen LogP contribution in [-0.2, 0) is 0 Å². The summed E-state index contributed by atoms with van der Waals surface area (Å²) in [6.07, 6.45) is 8.71. The van der Waals surface area contributed by atoms with Crippen LogP contribution in [0, 0.1) is 17.8 Å². The zero-order valence-corrected chi connectivity index (χ0v) is 12.2. The zero-order valence-electron chi connectivity index (χ0n) is 12.2. The van der Waals surface area contributed by atoms with E-state index in [-0.39, 0.29) is 0 Å². The van der Waals surface area contributed by atoms with E-state index in [1.807, 2.05) is 0 Å². The van der Waals surface area contributed by atoms with Gasteiger partial charge in [0.1, 0.15) is 0 Å². The van der Waals surface area contributed by atoms with Gasteiger partial charge in [0.2, 0.25) is 0 Å². The fraction of sp³-hybridized carbons (Fsp3) is 1.00. The van der Waals surface area contributed by atoms with Crippen molar-refractivity contribution in [2.45, 2.75) is 64.5 Å². The lowest BCUT2D eigenvalue weighted by molar-refractivity contribution is 0.115. The van der Waals surface area contributed by atoms with Gasteiger partial charge in [-0.05, 0) is 69.4 Å². The summed E-state index contributed by atoms with van der Waals surface area (Å²) >= 11 is 0. The molecule has 2 aliphatic carbocycles. The van der Waals surface area contributed by atoms with Gasteiger partial charge in [-0.1, -0.05) is 13.8 Å². The van der Waals surface area contributed by atoms with E-state index in [4.69, 9.17) is 0 Å². The van der Waals surface area contributed by atoms with Gasteiger partial charge in [-0.3, -0.25) is 4.90 Å². The van der Waals surface area contributed by atoms with E-state index in [2.05, 4.69) is 24.1 Å². The predicted molar refractivity (Wildman–Crippen MR) is 76.7 cm³/mol. The molecule has 0 amide bonds. The van der Waals surface area contributed by atoms with Crippen molar-refractivity contribution in [3.8, 4) is 0 Å². The zero-order chi connectivity index (χ0) is 12.5. The van der Waals surface area contributed by atoms with Crippen LogP contribution in [0.1, 0.15) is 52.4 Å². The smallest absolute Gasteiger partial charge is 0.0152 e. The van der Waals surface area contributed by atoms with Crippen molar-refractivity contribution in [3.63, 3.8) is 0 Å². The Hall–Kier alpha value is -0.0800. The third-order valence-electron chi connectivity index (χ3n) is 5.19. The molecule has 0 spiro atoms. The second kappa shape index (κ2) is 5.50. The first-order valence-electron chi connectivity index (χ1n) is 8.25. The Morgan fingerprint density at radius 2 is 1.78 bits per heavy atom. The summed E-state index contributed by atoms with van der Waals surface area (Å²) in [4.78, 5) is 2.89. The average molecular weight is 250 g/mol. The van der Waals surface area contributed by atoms with Crippen molar-refractivity contribution in [3.05, 3.63) is 0 Å². The lowest BCUT2D eigenvalue weighted by Gasteiger charge is -2.38. The summed E-state index contributed by atoms with van der Waals surface area (Å²) in [6, 6.07) is 1.72. The minimum absolute atomic E-state index is 0.759. The minimum atomic E-state index is 0.759. The quantitative estimate of drug-likeness (QED) is 0.825. The molecule has 1 heterocycles. The van der Waals surface area contributed by atoms with Crippen LogP contribution >= 0.6 is 0 Å². The van der Waals surface area contributed by atoms with Gasteiger partial charge in [0.15, 0.2) is 0 Å². The van der Waals surface area contributed by atoms with Crippen LogP contribution in [0.5, 0.6) is 0 Å². The maximum atomic E-state index is 3.74. The van der Waals surface area contributed by atoms with Crippen molar-refractivity contribution in [2.24, 2.45) is 17.8 Å². The standard InChI is InChI=1S/C16H30N2/c1-3-15-8-9-18(11-12(2)10-17-15)16(13-4-5-13)14-6-7-14/h12-17H,3-11H2,1-2H3. The number of hydrogen-bond donors (Lipinski definition) is 1. The Bertz CT molecular complexity index is 258. The lowest BCUT2D eigenvalue weighted by Crippen LogP contribution is -2.48. The van der Waals surface area contributed by atoms with E-state index < -0.39 is 0 Å². The molecule has 3 aliphatic rings. The molecule has 18 heavy (non-hydrogen) atoms. The van der Waals surface area contributed by atoms with Crippen LogP contribution in [0.3, 0.4) is 0 Å². The summed E-state index contributed by atoms with van der Waals surface area (Å²) in [5.74, 6) is 2.95. The van der Waals surface area contributed by atoms with Crippen LogP contribution in [0.4, 0.5) is 0 Å². The Balaban J connectivity index is 1.64. The number of rotatable bonds is 4. The number of nitrogens with one attached hydrogen (secondary N) is 1. The molecule has 104 valence electrons. The molecule has 0 radical (unpaired) electrons. The Labute approximate surface area is 113 Å². The SMILES string of the molecule is CCC1CCN(C(C2CC2)C2CC2)CC(C)CN1. The number of hydrogen-bond acceptors (Lipinski definition) is 2. The lowest BCUT2D eigenvalue weighted by atomic mass is 9.99. The van der Waals surface area contributed by atoms with E-state index in [0.29, 0.717) is 0 Å². The van der Waals surface area contributed by atoms with Crippen LogP contribution in [0.15, 0.2) is 0 Å². The van der Waals surface area contributed by atoms with Crippen LogP contribution < -0.4 is 5.32 Å². The second-order valence-corrected chi connectivity index (χ2v) is 7.07.